The number of nitrogens with zero attached hydrogens (tertiary/aromatic N) is 2. The van der Waals surface area contributed by atoms with E-state index in [2.05, 4.69) is 36.9 Å². The van der Waals surface area contributed by atoms with Crippen LogP contribution in [0.3, 0.4) is 0 Å². The Balaban J connectivity index is 1.79. The van der Waals surface area contributed by atoms with Crippen molar-refractivity contribution in [3.8, 4) is 0 Å². The number of piperazine rings is 1. The van der Waals surface area contributed by atoms with Crippen LogP contribution in [-0.4, -0.2) is 50.0 Å². The molecule has 2 aromatic carbocycles. The average molecular weight is 403 g/mol. The lowest BCUT2D eigenvalue weighted by atomic mass is 10.1. The van der Waals surface area contributed by atoms with Crippen molar-refractivity contribution in [3.05, 3.63) is 58.7 Å². The van der Waals surface area contributed by atoms with Crippen LogP contribution in [0.15, 0.2) is 41.3 Å². The number of sulfonamides is 1. The predicted molar refractivity (Wildman–Crippen MR) is 109 cm³/mol. The first-order valence-corrected chi connectivity index (χ1v) is 10.8. The van der Waals surface area contributed by atoms with Crippen LogP contribution in [0.25, 0.3) is 0 Å². The number of carboxylic acid groups (broad SMARTS) is 1. The molecule has 0 radical (unpaired) electrons. The summed E-state index contributed by atoms with van der Waals surface area (Å²) in [7, 11) is -3.66. The van der Waals surface area contributed by atoms with E-state index < -0.39 is 16.0 Å². The molecule has 1 aliphatic heterocycles. The second-order valence-corrected chi connectivity index (χ2v) is 9.26. The second-order valence-electron chi connectivity index (χ2n) is 7.35. The van der Waals surface area contributed by atoms with E-state index in [4.69, 9.17) is 5.11 Å². The van der Waals surface area contributed by atoms with Gasteiger partial charge in [0.25, 0.3) is 0 Å². The van der Waals surface area contributed by atoms with Crippen LogP contribution >= 0.6 is 0 Å². The summed E-state index contributed by atoms with van der Waals surface area (Å²) in [4.78, 5) is 13.4. The molecule has 0 aromatic heterocycles. The fourth-order valence-electron chi connectivity index (χ4n) is 3.68. The largest absolute Gasteiger partial charge is 0.481 e. The summed E-state index contributed by atoms with van der Waals surface area (Å²) in [5, 5.41) is 8.99. The summed E-state index contributed by atoms with van der Waals surface area (Å²) < 4.78 is 27.8. The number of hydrogen-bond donors (Lipinski definition) is 1. The number of hydrogen-bond acceptors (Lipinski definition) is 4. The molecule has 1 fully saturated rings. The first-order valence-electron chi connectivity index (χ1n) is 9.32. The van der Waals surface area contributed by atoms with Crippen LogP contribution < -0.4 is 4.90 Å². The highest BCUT2D eigenvalue weighted by atomic mass is 32.2. The van der Waals surface area contributed by atoms with Gasteiger partial charge in [-0.1, -0.05) is 29.8 Å². The first kappa shape index (κ1) is 20.4. The van der Waals surface area contributed by atoms with Gasteiger partial charge in [0.2, 0.25) is 10.0 Å². The average Bonchev–Trinajstić information content (AvgIpc) is 2.63. The number of rotatable bonds is 5. The van der Waals surface area contributed by atoms with Gasteiger partial charge in [-0.3, -0.25) is 4.79 Å². The molecule has 1 N–H and O–H groups in total. The summed E-state index contributed by atoms with van der Waals surface area (Å²) in [5.74, 6) is -0.978. The van der Waals surface area contributed by atoms with E-state index in [-0.39, 0.29) is 11.3 Å². The molecule has 150 valence electrons. The van der Waals surface area contributed by atoms with E-state index in [9.17, 15) is 13.2 Å². The summed E-state index contributed by atoms with van der Waals surface area (Å²) in [6.45, 7) is 7.92. The number of aliphatic carboxylic acids is 1. The molecule has 1 heterocycles. The van der Waals surface area contributed by atoms with Crippen molar-refractivity contribution in [2.45, 2.75) is 32.1 Å². The molecule has 6 nitrogen and oxygen atoms in total. The third-order valence-corrected chi connectivity index (χ3v) is 7.20. The van der Waals surface area contributed by atoms with Gasteiger partial charge in [-0.15, -0.1) is 0 Å². The van der Waals surface area contributed by atoms with Crippen LogP contribution in [0, 0.1) is 20.8 Å². The monoisotopic (exact) mass is 402 g/mol. The van der Waals surface area contributed by atoms with Gasteiger partial charge in [0.15, 0.2) is 0 Å². The van der Waals surface area contributed by atoms with Crippen molar-refractivity contribution >= 4 is 21.7 Å². The minimum Gasteiger partial charge on any atom is -0.481 e. The van der Waals surface area contributed by atoms with Gasteiger partial charge in [-0.2, -0.15) is 4.31 Å². The summed E-state index contributed by atoms with van der Waals surface area (Å²) >= 11 is 0. The van der Waals surface area contributed by atoms with Crippen molar-refractivity contribution < 1.29 is 18.3 Å². The Labute approximate surface area is 166 Å². The Bertz CT molecular complexity index is 993. The van der Waals surface area contributed by atoms with Crippen LogP contribution in [0.4, 0.5) is 5.69 Å². The molecule has 28 heavy (non-hydrogen) atoms. The summed E-state index contributed by atoms with van der Waals surface area (Å²) in [6.07, 6.45) is -0.191. The topological polar surface area (TPSA) is 77.9 Å². The maximum absolute atomic E-state index is 13.2. The smallest absolute Gasteiger partial charge is 0.307 e. The van der Waals surface area contributed by atoms with Crippen LogP contribution in [0.2, 0.25) is 0 Å². The zero-order valence-corrected chi connectivity index (χ0v) is 17.3. The molecule has 0 spiro atoms. The van der Waals surface area contributed by atoms with E-state index in [1.54, 1.807) is 19.1 Å². The van der Waals surface area contributed by atoms with Crippen LogP contribution in [0.5, 0.6) is 0 Å². The van der Waals surface area contributed by atoms with Crippen molar-refractivity contribution in [3.63, 3.8) is 0 Å². The Morgan fingerprint density at radius 1 is 0.964 bits per heavy atom. The molecule has 0 unspecified atom stereocenters. The lowest BCUT2D eigenvalue weighted by Crippen LogP contribution is -2.49. The zero-order chi connectivity index (χ0) is 20.5. The normalized spacial score (nSPS) is 15.6. The molecule has 0 amide bonds. The molecule has 0 atom stereocenters. The molecule has 0 aliphatic carbocycles. The van der Waals surface area contributed by atoms with Gasteiger partial charge < -0.3 is 10.0 Å². The fourth-order valence-corrected chi connectivity index (χ4v) is 5.37. The molecular formula is C21H26N2O4S. The van der Waals surface area contributed by atoms with Gasteiger partial charge in [0.1, 0.15) is 0 Å². The van der Waals surface area contributed by atoms with Crippen molar-refractivity contribution in [1.29, 1.82) is 0 Å². The van der Waals surface area contributed by atoms with Crippen molar-refractivity contribution in [2.24, 2.45) is 0 Å². The number of benzene rings is 2. The maximum atomic E-state index is 13.2. The van der Waals surface area contributed by atoms with E-state index >= 15 is 0 Å². The van der Waals surface area contributed by atoms with E-state index in [0.29, 0.717) is 37.3 Å². The van der Waals surface area contributed by atoms with Crippen LogP contribution in [0.1, 0.15) is 22.3 Å². The Kier molecular flexibility index (Phi) is 5.76. The van der Waals surface area contributed by atoms with Crippen molar-refractivity contribution in [1.82, 2.24) is 4.31 Å². The predicted octanol–water partition coefficient (Wildman–Crippen LogP) is 2.75. The molecule has 7 heteroatoms. The van der Waals surface area contributed by atoms with Gasteiger partial charge in [-0.05, 0) is 49.6 Å². The van der Waals surface area contributed by atoms with E-state index in [0.717, 1.165) is 5.69 Å². The summed E-state index contributed by atoms with van der Waals surface area (Å²) in [6, 6.07) is 11.1. The quantitative estimate of drug-likeness (QED) is 0.832. The number of carboxylic acids is 1. The molecule has 1 saturated heterocycles. The molecular weight excluding hydrogens is 376 g/mol. The standard InChI is InChI=1S/C21H26N2O4S/c1-15-4-7-19(17(3)12-15)22-8-10-23(11-9-22)28(26,27)20-13-18(14-21(24)25)6-5-16(20)2/h4-7,12-13H,8-11,14H2,1-3H3,(H,24,25). The molecule has 0 bridgehead atoms. The Morgan fingerprint density at radius 2 is 1.64 bits per heavy atom. The number of aryl methyl sites for hydroxylation is 3. The minimum absolute atomic E-state index is 0.191. The molecule has 3 rings (SSSR count). The van der Waals surface area contributed by atoms with Gasteiger partial charge >= 0.3 is 5.97 Å². The summed E-state index contributed by atoms with van der Waals surface area (Å²) in [5.41, 5.74) is 4.66. The van der Waals surface area contributed by atoms with Gasteiger partial charge in [0, 0.05) is 31.9 Å². The fraction of sp³-hybridized carbons (Fsp3) is 0.381. The Hall–Kier alpha value is -2.38. The first-order chi connectivity index (χ1) is 13.2. The zero-order valence-electron chi connectivity index (χ0n) is 16.5. The third kappa shape index (κ3) is 4.20. The van der Waals surface area contributed by atoms with Gasteiger partial charge in [0.05, 0.1) is 11.3 Å². The number of anilines is 1. The van der Waals surface area contributed by atoms with Crippen LogP contribution in [-0.2, 0) is 21.2 Å². The van der Waals surface area contributed by atoms with E-state index in [1.807, 2.05) is 0 Å². The lowest BCUT2D eigenvalue weighted by molar-refractivity contribution is -0.136. The van der Waals surface area contributed by atoms with E-state index in [1.165, 1.54) is 21.5 Å². The Morgan fingerprint density at radius 3 is 2.25 bits per heavy atom. The SMILES string of the molecule is Cc1ccc(N2CCN(S(=O)(=O)c3cc(CC(=O)O)ccc3C)CC2)c(C)c1. The second kappa shape index (κ2) is 7.93. The highest BCUT2D eigenvalue weighted by molar-refractivity contribution is 7.89. The lowest BCUT2D eigenvalue weighted by Gasteiger charge is -2.36. The molecule has 0 saturated carbocycles. The number of carbonyl (C=O) groups is 1. The minimum atomic E-state index is -3.66. The highest BCUT2D eigenvalue weighted by Crippen LogP contribution is 2.26. The third-order valence-electron chi connectivity index (χ3n) is 5.16. The van der Waals surface area contributed by atoms with Crippen molar-refractivity contribution in [2.75, 3.05) is 31.1 Å². The maximum Gasteiger partial charge on any atom is 0.307 e. The van der Waals surface area contributed by atoms with Gasteiger partial charge in [-0.25, -0.2) is 8.42 Å². The highest BCUT2D eigenvalue weighted by Gasteiger charge is 2.30. The molecule has 2 aromatic rings. The molecule has 1 aliphatic rings.